The van der Waals surface area contributed by atoms with E-state index in [0.29, 0.717) is 11.8 Å². The van der Waals surface area contributed by atoms with E-state index in [0.717, 1.165) is 19.3 Å². The van der Waals surface area contributed by atoms with Crippen LogP contribution in [-0.2, 0) is 0 Å². The molecule has 1 N–H and O–H groups in total. The van der Waals surface area contributed by atoms with Gasteiger partial charge in [0.25, 0.3) is 0 Å². The third-order valence-corrected chi connectivity index (χ3v) is 3.64. The Kier molecular flexibility index (Phi) is 4.02. The third kappa shape index (κ3) is 3.01. The molecule has 1 fully saturated rings. The van der Waals surface area contributed by atoms with Gasteiger partial charge in [-0.2, -0.15) is 0 Å². The summed E-state index contributed by atoms with van der Waals surface area (Å²) in [4.78, 5) is 0. The average Bonchev–Trinajstić information content (AvgIpc) is 2.31. The zero-order valence-corrected chi connectivity index (χ0v) is 10.9. The lowest BCUT2D eigenvalue weighted by molar-refractivity contribution is 0.279. The van der Waals surface area contributed by atoms with Crippen molar-refractivity contribution in [1.29, 1.82) is 0 Å². The van der Waals surface area contributed by atoms with Gasteiger partial charge in [-0.15, -0.1) is 0 Å². The van der Waals surface area contributed by atoms with Gasteiger partial charge in [0, 0.05) is 12.1 Å². The molecule has 1 aliphatic carbocycles. The number of hydrogen-bond donors (Lipinski definition) is 1. The first-order valence-electron chi connectivity index (χ1n) is 6.48. The molecule has 0 bridgehead atoms. The van der Waals surface area contributed by atoms with E-state index in [9.17, 15) is 17.6 Å². The van der Waals surface area contributed by atoms with Crippen LogP contribution >= 0.6 is 0 Å². The molecular formula is C14H17F4N. The second kappa shape index (κ2) is 5.39. The van der Waals surface area contributed by atoms with Gasteiger partial charge in [0.05, 0.1) is 0 Å². The normalized spacial score (nSPS) is 27.4. The van der Waals surface area contributed by atoms with E-state index >= 15 is 0 Å². The molecule has 1 aromatic carbocycles. The highest BCUT2D eigenvalue weighted by Gasteiger charge is 2.27. The van der Waals surface area contributed by atoms with Crippen molar-refractivity contribution in [2.24, 2.45) is 11.8 Å². The number of anilines is 1. The number of nitrogens with one attached hydrogen (secondary N) is 1. The van der Waals surface area contributed by atoms with Gasteiger partial charge in [-0.25, -0.2) is 17.6 Å². The first-order valence-corrected chi connectivity index (χ1v) is 6.48. The monoisotopic (exact) mass is 275 g/mol. The molecule has 2 unspecified atom stereocenters. The van der Waals surface area contributed by atoms with Crippen LogP contribution in [0.3, 0.4) is 0 Å². The summed E-state index contributed by atoms with van der Waals surface area (Å²) in [5.74, 6) is -4.62. The Morgan fingerprint density at radius 3 is 1.84 bits per heavy atom. The van der Waals surface area contributed by atoms with E-state index in [1.807, 2.05) is 0 Å². The summed E-state index contributed by atoms with van der Waals surface area (Å²) in [5, 5.41) is 2.63. The van der Waals surface area contributed by atoms with Crippen molar-refractivity contribution in [2.75, 3.05) is 5.32 Å². The Morgan fingerprint density at radius 1 is 0.895 bits per heavy atom. The largest absolute Gasteiger partial charge is 0.377 e. The van der Waals surface area contributed by atoms with Crippen molar-refractivity contribution < 1.29 is 17.6 Å². The lowest BCUT2D eigenvalue weighted by Crippen LogP contribution is -2.31. The lowest BCUT2D eigenvalue weighted by Gasteiger charge is -2.32. The van der Waals surface area contributed by atoms with Crippen LogP contribution in [0.5, 0.6) is 0 Å². The fourth-order valence-corrected chi connectivity index (χ4v) is 2.97. The smallest absolute Gasteiger partial charge is 0.185 e. The molecule has 1 nitrogen and oxygen atoms in total. The summed E-state index contributed by atoms with van der Waals surface area (Å²) >= 11 is 0. The molecule has 1 aromatic rings. The molecule has 106 valence electrons. The van der Waals surface area contributed by atoms with Crippen LogP contribution in [0.15, 0.2) is 6.07 Å². The van der Waals surface area contributed by atoms with Gasteiger partial charge in [0.15, 0.2) is 23.3 Å². The first kappa shape index (κ1) is 14.2. The van der Waals surface area contributed by atoms with Crippen molar-refractivity contribution in [3.63, 3.8) is 0 Å². The van der Waals surface area contributed by atoms with E-state index < -0.39 is 29.0 Å². The molecule has 0 heterocycles. The summed E-state index contributed by atoms with van der Waals surface area (Å²) in [7, 11) is 0. The van der Waals surface area contributed by atoms with Crippen LogP contribution in [0, 0.1) is 35.1 Å². The number of hydrogen-bond acceptors (Lipinski definition) is 1. The maximum atomic E-state index is 13.5. The lowest BCUT2D eigenvalue weighted by atomic mass is 9.80. The second-order valence-electron chi connectivity index (χ2n) is 5.60. The van der Waals surface area contributed by atoms with Crippen molar-refractivity contribution >= 4 is 5.69 Å². The minimum Gasteiger partial charge on any atom is -0.377 e. The van der Waals surface area contributed by atoms with Gasteiger partial charge in [0.1, 0.15) is 5.69 Å². The van der Waals surface area contributed by atoms with Gasteiger partial charge in [-0.3, -0.25) is 0 Å². The Morgan fingerprint density at radius 2 is 1.37 bits per heavy atom. The predicted octanol–water partition coefficient (Wildman–Crippen LogP) is 4.48. The molecule has 19 heavy (non-hydrogen) atoms. The zero-order chi connectivity index (χ0) is 14.2. The van der Waals surface area contributed by atoms with Crippen LogP contribution in [0.2, 0.25) is 0 Å². The summed E-state index contributed by atoms with van der Waals surface area (Å²) < 4.78 is 53.3. The molecule has 1 aliphatic rings. The van der Waals surface area contributed by atoms with Crippen LogP contribution in [0.4, 0.5) is 23.2 Å². The fraction of sp³-hybridized carbons (Fsp3) is 0.571. The Labute approximate surface area is 110 Å². The predicted molar refractivity (Wildman–Crippen MR) is 65.9 cm³/mol. The molecule has 1 saturated carbocycles. The van der Waals surface area contributed by atoms with Crippen LogP contribution < -0.4 is 5.32 Å². The summed E-state index contributed by atoms with van der Waals surface area (Å²) in [6.07, 6.45) is 2.53. The Balaban J connectivity index is 2.23. The molecule has 0 radical (unpaired) electrons. The highest BCUT2D eigenvalue weighted by Crippen LogP contribution is 2.32. The maximum Gasteiger partial charge on any atom is 0.185 e. The SMILES string of the molecule is CC1CC(C)CC(Nc2c(F)c(F)cc(F)c2F)C1. The van der Waals surface area contributed by atoms with Crippen LogP contribution in [0.25, 0.3) is 0 Å². The van der Waals surface area contributed by atoms with Gasteiger partial charge < -0.3 is 5.32 Å². The van der Waals surface area contributed by atoms with E-state index in [1.54, 1.807) is 0 Å². The van der Waals surface area contributed by atoms with Crippen molar-refractivity contribution in [2.45, 2.75) is 39.2 Å². The summed E-state index contributed by atoms with van der Waals surface area (Å²) in [6.45, 7) is 4.12. The molecular weight excluding hydrogens is 258 g/mol. The highest BCUT2D eigenvalue weighted by atomic mass is 19.2. The van der Waals surface area contributed by atoms with Crippen LogP contribution in [-0.4, -0.2) is 6.04 Å². The fourth-order valence-electron chi connectivity index (χ4n) is 2.97. The van der Waals surface area contributed by atoms with Gasteiger partial charge >= 0.3 is 0 Å². The standard InChI is InChI=1S/C14H17F4N/c1-7-3-8(2)5-9(4-7)19-14-12(17)10(15)6-11(16)13(14)18/h6-9,19H,3-5H2,1-2H3. The second-order valence-corrected chi connectivity index (χ2v) is 5.60. The summed E-state index contributed by atoms with van der Waals surface area (Å²) in [6, 6.07) is 0.0612. The van der Waals surface area contributed by atoms with Crippen molar-refractivity contribution in [3.8, 4) is 0 Å². The maximum absolute atomic E-state index is 13.5. The Bertz CT molecular complexity index is 439. The minimum absolute atomic E-state index is 0.163. The van der Waals surface area contributed by atoms with Gasteiger partial charge in [-0.1, -0.05) is 13.8 Å². The van der Waals surface area contributed by atoms with Gasteiger partial charge in [0.2, 0.25) is 0 Å². The highest BCUT2D eigenvalue weighted by molar-refractivity contribution is 5.48. The number of halogens is 4. The topological polar surface area (TPSA) is 12.0 Å². The molecule has 0 aliphatic heterocycles. The van der Waals surface area contributed by atoms with Crippen molar-refractivity contribution in [1.82, 2.24) is 0 Å². The molecule has 0 spiro atoms. The molecule has 5 heteroatoms. The zero-order valence-electron chi connectivity index (χ0n) is 10.9. The molecule has 0 amide bonds. The molecule has 2 atom stereocenters. The van der Waals surface area contributed by atoms with E-state index in [-0.39, 0.29) is 12.1 Å². The number of rotatable bonds is 2. The van der Waals surface area contributed by atoms with E-state index in [4.69, 9.17) is 0 Å². The quantitative estimate of drug-likeness (QED) is 0.620. The molecule has 0 saturated heterocycles. The van der Waals surface area contributed by atoms with E-state index in [2.05, 4.69) is 19.2 Å². The Hall–Kier alpha value is -1.26. The number of benzene rings is 1. The minimum atomic E-state index is -1.38. The molecule has 2 rings (SSSR count). The molecule has 0 aromatic heterocycles. The van der Waals surface area contributed by atoms with Gasteiger partial charge in [-0.05, 0) is 31.1 Å². The average molecular weight is 275 g/mol. The van der Waals surface area contributed by atoms with Crippen molar-refractivity contribution in [3.05, 3.63) is 29.3 Å². The van der Waals surface area contributed by atoms with E-state index in [1.165, 1.54) is 0 Å². The van der Waals surface area contributed by atoms with Crippen LogP contribution in [0.1, 0.15) is 33.1 Å². The summed E-state index contributed by atoms with van der Waals surface area (Å²) in [5.41, 5.74) is -0.691. The third-order valence-electron chi connectivity index (χ3n) is 3.64. The first-order chi connectivity index (χ1) is 8.88.